The second-order valence-electron chi connectivity index (χ2n) is 7.03. The first kappa shape index (κ1) is 18.4. The maximum Gasteiger partial charge on any atom is 0.201 e. The third-order valence-corrected chi connectivity index (χ3v) is 5.26. The van der Waals surface area contributed by atoms with Gasteiger partial charge in [0.1, 0.15) is 17.2 Å². The molecule has 3 aromatic rings. The highest BCUT2D eigenvalue weighted by Crippen LogP contribution is 2.34. The van der Waals surface area contributed by atoms with E-state index in [1.54, 1.807) is 13.3 Å². The molecule has 0 amide bonds. The predicted molar refractivity (Wildman–Crippen MR) is 111 cm³/mol. The van der Waals surface area contributed by atoms with Crippen LogP contribution in [0.15, 0.2) is 47.4 Å². The van der Waals surface area contributed by atoms with E-state index in [4.69, 9.17) is 14.2 Å². The second-order valence-corrected chi connectivity index (χ2v) is 7.03. The van der Waals surface area contributed by atoms with E-state index < -0.39 is 0 Å². The molecule has 0 atom stereocenters. The monoisotopic (exact) mass is 379 g/mol. The zero-order valence-electron chi connectivity index (χ0n) is 16.3. The van der Waals surface area contributed by atoms with E-state index in [-0.39, 0.29) is 11.5 Å². The van der Waals surface area contributed by atoms with Crippen LogP contribution in [0.2, 0.25) is 0 Å². The van der Waals surface area contributed by atoms with Crippen molar-refractivity contribution in [2.75, 3.05) is 13.7 Å². The topological polar surface area (TPSA) is 60.6 Å². The summed E-state index contributed by atoms with van der Waals surface area (Å²) < 4.78 is 17.2. The maximum atomic E-state index is 13.4. The summed E-state index contributed by atoms with van der Waals surface area (Å²) in [7, 11) is 1.62. The first-order chi connectivity index (χ1) is 13.7. The minimum atomic E-state index is -0.0701. The molecule has 1 N–H and O–H groups in total. The van der Waals surface area contributed by atoms with Crippen molar-refractivity contribution in [2.24, 2.45) is 0 Å². The summed E-state index contributed by atoms with van der Waals surface area (Å²) in [6.07, 6.45) is 6.47. The van der Waals surface area contributed by atoms with E-state index in [0.717, 1.165) is 24.2 Å². The Balaban J connectivity index is 1.84. The number of benzene rings is 2. The molecule has 0 saturated heterocycles. The standard InChI is InChI=1S/C23H25NO4/c1-3-27-19-12-13-20(28-17-6-4-5-7-17)22-21(19)23(25)18(14-24-22)15-8-10-16(26-2)11-9-15/h8-14,17H,3-7H2,1-2H3,(H,24,25). The third kappa shape index (κ3) is 3.44. The first-order valence-corrected chi connectivity index (χ1v) is 9.83. The van der Waals surface area contributed by atoms with Crippen LogP contribution >= 0.6 is 0 Å². The van der Waals surface area contributed by atoms with Crippen molar-refractivity contribution in [1.29, 1.82) is 0 Å². The largest absolute Gasteiger partial charge is 0.497 e. The SMILES string of the molecule is CCOc1ccc(OC2CCCC2)c2[nH]cc(-c3ccc(OC)cc3)c(=O)c12. The molecule has 2 aromatic carbocycles. The Hall–Kier alpha value is -2.95. The molecule has 0 spiro atoms. The molecule has 1 aromatic heterocycles. The van der Waals surface area contributed by atoms with Crippen molar-refractivity contribution < 1.29 is 14.2 Å². The zero-order chi connectivity index (χ0) is 19.5. The number of rotatable bonds is 6. The van der Waals surface area contributed by atoms with Gasteiger partial charge in [-0.25, -0.2) is 0 Å². The average Bonchev–Trinajstić information content (AvgIpc) is 3.23. The van der Waals surface area contributed by atoms with Crippen molar-refractivity contribution >= 4 is 10.9 Å². The molecule has 5 nitrogen and oxygen atoms in total. The Labute approximate surface area is 164 Å². The zero-order valence-corrected chi connectivity index (χ0v) is 16.3. The van der Waals surface area contributed by atoms with Crippen molar-refractivity contribution in [2.45, 2.75) is 38.7 Å². The number of aromatic nitrogens is 1. The van der Waals surface area contributed by atoms with Gasteiger partial charge in [-0.05, 0) is 62.4 Å². The number of H-pyrrole nitrogens is 1. The Morgan fingerprint density at radius 3 is 2.43 bits per heavy atom. The summed E-state index contributed by atoms with van der Waals surface area (Å²) in [6.45, 7) is 2.40. The van der Waals surface area contributed by atoms with Gasteiger partial charge in [0.15, 0.2) is 0 Å². The summed E-state index contributed by atoms with van der Waals surface area (Å²) in [5.74, 6) is 2.04. The van der Waals surface area contributed by atoms with Gasteiger partial charge in [-0.2, -0.15) is 0 Å². The molecule has 0 aliphatic heterocycles. The summed E-state index contributed by atoms with van der Waals surface area (Å²) >= 11 is 0. The van der Waals surface area contributed by atoms with Crippen LogP contribution in [0.25, 0.3) is 22.0 Å². The second kappa shape index (κ2) is 7.97. The summed E-state index contributed by atoms with van der Waals surface area (Å²) in [5, 5.41) is 0.533. The van der Waals surface area contributed by atoms with Gasteiger partial charge in [0.25, 0.3) is 0 Å². The number of nitrogens with one attached hydrogen (secondary N) is 1. The van der Waals surface area contributed by atoms with Crippen LogP contribution in [0, 0.1) is 0 Å². The molecule has 0 radical (unpaired) electrons. The fraction of sp³-hybridized carbons (Fsp3) is 0.348. The lowest BCUT2D eigenvalue weighted by molar-refractivity contribution is 0.212. The lowest BCUT2D eigenvalue weighted by atomic mass is 10.0. The highest BCUT2D eigenvalue weighted by atomic mass is 16.5. The van der Waals surface area contributed by atoms with Gasteiger partial charge >= 0.3 is 0 Å². The molecule has 1 fully saturated rings. The summed E-state index contributed by atoms with van der Waals surface area (Å²) in [5.41, 5.74) is 2.04. The third-order valence-electron chi connectivity index (χ3n) is 5.26. The molecule has 5 heteroatoms. The summed E-state index contributed by atoms with van der Waals surface area (Å²) in [6, 6.07) is 11.2. The van der Waals surface area contributed by atoms with Gasteiger partial charge in [0, 0.05) is 11.8 Å². The van der Waals surface area contributed by atoms with E-state index in [9.17, 15) is 4.79 Å². The number of ether oxygens (including phenoxy) is 3. The molecule has 146 valence electrons. The average molecular weight is 379 g/mol. The number of aromatic amines is 1. The molecule has 0 bridgehead atoms. The van der Waals surface area contributed by atoms with Crippen molar-refractivity contribution in [1.82, 2.24) is 4.98 Å². The number of methoxy groups -OCH3 is 1. The highest BCUT2D eigenvalue weighted by molar-refractivity contribution is 5.92. The van der Waals surface area contributed by atoms with Crippen molar-refractivity contribution in [3.63, 3.8) is 0 Å². The van der Waals surface area contributed by atoms with Gasteiger partial charge < -0.3 is 19.2 Å². The maximum absolute atomic E-state index is 13.4. The van der Waals surface area contributed by atoms with Crippen molar-refractivity contribution in [3.05, 3.63) is 52.8 Å². The highest BCUT2D eigenvalue weighted by Gasteiger charge is 2.20. The van der Waals surface area contributed by atoms with E-state index in [2.05, 4.69) is 4.98 Å². The van der Waals surface area contributed by atoms with Gasteiger partial charge in [0.2, 0.25) is 5.43 Å². The van der Waals surface area contributed by atoms with Gasteiger partial charge in [-0.1, -0.05) is 12.1 Å². The Bertz CT molecular complexity index is 1020. The summed E-state index contributed by atoms with van der Waals surface area (Å²) in [4.78, 5) is 16.7. The van der Waals surface area contributed by atoms with Crippen LogP contribution in [-0.4, -0.2) is 24.8 Å². The molecular formula is C23H25NO4. The Kier molecular flexibility index (Phi) is 5.24. The smallest absolute Gasteiger partial charge is 0.201 e. The molecule has 1 saturated carbocycles. The van der Waals surface area contributed by atoms with E-state index in [1.165, 1.54) is 12.8 Å². The Morgan fingerprint density at radius 2 is 1.75 bits per heavy atom. The van der Waals surface area contributed by atoms with E-state index in [0.29, 0.717) is 34.6 Å². The quantitative estimate of drug-likeness (QED) is 0.660. The van der Waals surface area contributed by atoms with Crippen molar-refractivity contribution in [3.8, 4) is 28.4 Å². The number of hydrogen-bond donors (Lipinski definition) is 1. The van der Waals surface area contributed by atoms with Crippen LogP contribution in [0.5, 0.6) is 17.2 Å². The van der Waals surface area contributed by atoms with E-state index >= 15 is 0 Å². The minimum Gasteiger partial charge on any atom is -0.497 e. The molecular weight excluding hydrogens is 354 g/mol. The Morgan fingerprint density at radius 1 is 1.04 bits per heavy atom. The number of pyridine rings is 1. The lowest BCUT2D eigenvalue weighted by Crippen LogP contribution is -2.14. The normalized spacial score (nSPS) is 14.4. The fourth-order valence-corrected chi connectivity index (χ4v) is 3.82. The van der Waals surface area contributed by atoms with E-state index in [1.807, 2.05) is 43.3 Å². The molecule has 1 heterocycles. The molecule has 28 heavy (non-hydrogen) atoms. The fourth-order valence-electron chi connectivity index (χ4n) is 3.82. The number of fused-ring (bicyclic) bond motifs is 1. The van der Waals surface area contributed by atoms with Gasteiger partial charge in [-0.15, -0.1) is 0 Å². The number of hydrogen-bond acceptors (Lipinski definition) is 4. The predicted octanol–water partition coefficient (Wildman–Crippen LogP) is 4.92. The molecule has 1 aliphatic carbocycles. The minimum absolute atomic E-state index is 0.0701. The van der Waals surface area contributed by atoms with Gasteiger partial charge in [-0.3, -0.25) is 4.79 Å². The first-order valence-electron chi connectivity index (χ1n) is 9.83. The van der Waals surface area contributed by atoms with Crippen LogP contribution < -0.4 is 19.6 Å². The van der Waals surface area contributed by atoms with Gasteiger partial charge in [0.05, 0.1) is 30.7 Å². The lowest BCUT2D eigenvalue weighted by Gasteiger charge is -2.17. The van der Waals surface area contributed by atoms with Crippen LogP contribution in [0.4, 0.5) is 0 Å². The molecule has 0 unspecified atom stereocenters. The van der Waals surface area contributed by atoms with Crippen LogP contribution in [0.3, 0.4) is 0 Å². The van der Waals surface area contributed by atoms with Crippen LogP contribution in [0.1, 0.15) is 32.6 Å². The molecule has 4 rings (SSSR count). The van der Waals surface area contributed by atoms with Crippen LogP contribution in [-0.2, 0) is 0 Å². The molecule has 1 aliphatic rings.